The van der Waals surface area contributed by atoms with Gasteiger partial charge >= 0.3 is 0 Å². The van der Waals surface area contributed by atoms with Crippen molar-refractivity contribution in [2.45, 2.75) is 0 Å². The van der Waals surface area contributed by atoms with Crippen molar-refractivity contribution >= 4 is 17.2 Å². The zero-order valence-electron chi connectivity index (χ0n) is 14.1. The molecule has 1 saturated heterocycles. The third kappa shape index (κ3) is 2.80. The average Bonchev–Trinajstić information content (AvgIpc) is 3.16. The minimum absolute atomic E-state index is 0.0384. The van der Waals surface area contributed by atoms with Crippen LogP contribution in [0.25, 0.3) is 5.65 Å². The maximum atomic E-state index is 12.9. The van der Waals surface area contributed by atoms with E-state index in [0.717, 1.165) is 24.5 Å². The predicted molar refractivity (Wildman–Crippen MR) is 96.3 cm³/mol. The Morgan fingerprint density at radius 2 is 1.84 bits per heavy atom. The molecule has 1 amide bonds. The van der Waals surface area contributed by atoms with Gasteiger partial charge in [0, 0.05) is 44.8 Å². The molecule has 0 radical (unpaired) electrons. The molecule has 1 aromatic carbocycles. The fourth-order valence-corrected chi connectivity index (χ4v) is 3.33. The number of anilines is 1. The van der Waals surface area contributed by atoms with E-state index in [1.807, 2.05) is 52.0 Å². The topological polar surface area (TPSA) is 50.1 Å². The van der Waals surface area contributed by atoms with Gasteiger partial charge in [0.15, 0.2) is 0 Å². The van der Waals surface area contributed by atoms with Gasteiger partial charge in [-0.1, -0.05) is 12.1 Å². The molecule has 0 spiro atoms. The third-order valence-corrected chi connectivity index (χ3v) is 4.64. The van der Waals surface area contributed by atoms with Crippen LogP contribution < -0.4 is 9.64 Å². The molecule has 0 aliphatic carbocycles. The average molecular weight is 336 g/mol. The normalized spacial score (nSPS) is 14.8. The van der Waals surface area contributed by atoms with E-state index in [1.54, 1.807) is 13.3 Å². The Balaban J connectivity index is 1.50. The number of carbonyl (C=O) groups excluding carboxylic acids is 1. The fraction of sp³-hybridized carbons (Fsp3) is 0.263. The quantitative estimate of drug-likeness (QED) is 0.736. The maximum absolute atomic E-state index is 12.9. The van der Waals surface area contributed by atoms with Gasteiger partial charge in [-0.2, -0.15) is 0 Å². The molecule has 3 aromatic rings. The molecular weight excluding hydrogens is 316 g/mol. The van der Waals surface area contributed by atoms with Gasteiger partial charge in [-0.25, -0.2) is 4.98 Å². The number of aromatic nitrogens is 2. The summed E-state index contributed by atoms with van der Waals surface area (Å²) >= 11 is 0. The molecule has 0 N–H and O–H groups in total. The van der Waals surface area contributed by atoms with Gasteiger partial charge in [0.1, 0.15) is 11.4 Å². The number of hydrogen-bond acceptors (Lipinski definition) is 4. The number of benzene rings is 1. The lowest BCUT2D eigenvalue weighted by Gasteiger charge is -2.36. The molecule has 25 heavy (non-hydrogen) atoms. The van der Waals surface area contributed by atoms with Crippen LogP contribution >= 0.6 is 0 Å². The Hall–Kier alpha value is -3.02. The molecule has 1 aliphatic heterocycles. The highest BCUT2D eigenvalue weighted by molar-refractivity contribution is 5.99. The Bertz CT molecular complexity index is 897. The van der Waals surface area contributed by atoms with Crippen LogP contribution in [0, 0.1) is 0 Å². The van der Waals surface area contributed by atoms with Crippen LogP contribution in [0.1, 0.15) is 10.4 Å². The second kappa shape index (κ2) is 6.47. The second-order valence-corrected chi connectivity index (χ2v) is 6.03. The first-order chi connectivity index (χ1) is 12.3. The molecule has 1 aliphatic rings. The van der Waals surface area contributed by atoms with E-state index in [4.69, 9.17) is 4.74 Å². The number of ether oxygens (including phenoxy) is 1. The van der Waals surface area contributed by atoms with Gasteiger partial charge in [-0.15, -0.1) is 0 Å². The Morgan fingerprint density at radius 1 is 1.04 bits per heavy atom. The number of nitrogens with zero attached hydrogens (tertiary/aromatic N) is 4. The highest BCUT2D eigenvalue weighted by atomic mass is 16.5. The number of carbonyl (C=O) groups is 1. The monoisotopic (exact) mass is 336 g/mol. The first kappa shape index (κ1) is 15.5. The molecule has 3 heterocycles. The molecule has 2 aromatic heterocycles. The van der Waals surface area contributed by atoms with Crippen molar-refractivity contribution < 1.29 is 9.53 Å². The minimum atomic E-state index is 0.0384. The van der Waals surface area contributed by atoms with Crippen molar-refractivity contribution in [1.29, 1.82) is 0 Å². The third-order valence-electron chi connectivity index (χ3n) is 4.64. The number of hydrogen-bond donors (Lipinski definition) is 0. The summed E-state index contributed by atoms with van der Waals surface area (Å²) in [6.07, 6.45) is 5.47. The summed E-state index contributed by atoms with van der Waals surface area (Å²) in [5, 5.41) is 0. The van der Waals surface area contributed by atoms with Crippen molar-refractivity contribution in [1.82, 2.24) is 14.3 Å². The summed E-state index contributed by atoms with van der Waals surface area (Å²) in [5.41, 5.74) is 2.44. The van der Waals surface area contributed by atoms with Gasteiger partial charge in [-0.05, 0) is 24.3 Å². The molecule has 0 bridgehead atoms. The standard InChI is InChI=1S/C19H20N4O2/c1-25-17-7-3-2-6-16(17)21-11-13-23(14-12-21)19(24)15-5-4-9-22-10-8-20-18(15)22/h2-10H,11-14H2,1H3. The van der Waals surface area contributed by atoms with Crippen LogP contribution in [0.15, 0.2) is 55.0 Å². The highest BCUT2D eigenvalue weighted by Crippen LogP contribution is 2.28. The Morgan fingerprint density at radius 3 is 2.64 bits per heavy atom. The number of imidazole rings is 1. The van der Waals surface area contributed by atoms with Crippen molar-refractivity contribution in [3.63, 3.8) is 0 Å². The molecule has 4 rings (SSSR count). The lowest BCUT2D eigenvalue weighted by molar-refractivity contribution is 0.0748. The van der Waals surface area contributed by atoms with Crippen LogP contribution in [-0.4, -0.2) is 53.5 Å². The molecular formula is C19H20N4O2. The van der Waals surface area contributed by atoms with Gasteiger partial charge in [-0.3, -0.25) is 4.79 Å². The lowest BCUT2D eigenvalue weighted by atomic mass is 10.2. The van der Waals surface area contributed by atoms with E-state index < -0.39 is 0 Å². The van der Waals surface area contributed by atoms with Gasteiger partial charge in [0.25, 0.3) is 5.91 Å². The van der Waals surface area contributed by atoms with Crippen LogP contribution in [0.2, 0.25) is 0 Å². The van der Waals surface area contributed by atoms with E-state index in [0.29, 0.717) is 24.3 Å². The van der Waals surface area contributed by atoms with Crippen molar-refractivity contribution in [2.75, 3.05) is 38.2 Å². The highest BCUT2D eigenvalue weighted by Gasteiger charge is 2.25. The molecule has 6 heteroatoms. The molecule has 6 nitrogen and oxygen atoms in total. The summed E-state index contributed by atoms with van der Waals surface area (Å²) in [4.78, 5) is 21.4. The molecule has 0 atom stereocenters. The number of pyridine rings is 1. The van der Waals surface area contributed by atoms with E-state index in [1.165, 1.54) is 0 Å². The maximum Gasteiger partial charge on any atom is 0.257 e. The van der Waals surface area contributed by atoms with Gasteiger partial charge in [0.05, 0.1) is 18.4 Å². The zero-order chi connectivity index (χ0) is 17.2. The predicted octanol–water partition coefficient (Wildman–Crippen LogP) is 2.31. The zero-order valence-corrected chi connectivity index (χ0v) is 14.1. The summed E-state index contributed by atoms with van der Waals surface area (Å²) in [6.45, 7) is 2.92. The van der Waals surface area contributed by atoms with Crippen LogP contribution in [0.4, 0.5) is 5.69 Å². The van der Waals surface area contributed by atoms with E-state index >= 15 is 0 Å². The molecule has 1 fully saturated rings. The SMILES string of the molecule is COc1ccccc1N1CCN(C(=O)c2cccn3ccnc23)CC1. The molecule has 0 saturated carbocycles. The number of methoxy groups -OCH3 is 1. The minimum Gasteiger partial charge on any atom is -0.495 e. The Kier molecular flexibility index (Phi) is 4.01. The number of para-hydroxylation sites is 2. The van der Waals surface area contributed by atoms with Crippen LogP contribution in [-0.2, 0) is 0 Å². The van der Waals surface area contributed by atoms with Crippen LogP contribution in [0.5, 0.6) is 5.75 Å². The summed E-state index contributed by atoms with van der Waals surface area (Å²) in [7, 11) is 1.68. The molecule has 0 unspecified atom stereocenters. The van der Waals surface area contributed by atoms with Crippen LogP contribution in [0.3, 0.4) is 0 Å². The van der Waals surface area contributed by atoms with E-state index in [2.05, 4.69) is 16.0 Å². The van der Waals surface area contributed by atoms with Crippen molar-refractivity contribution in [2.24, 2.45) is 0 Å². The smallest absolute Gasteiger partial charge is 0.257 e. The van der Waals surface area contributed by atoms with E-state index in [9.17, 15) is 4.79 Å². The number of amides is 1. The first-order valence-electron chi connectivity index (χ1n) is 8.37. The lowest BCUT2D eigenvalue weighted by Crippen LogP contribution is -2.49. The first-order valence-corrected chi connectivity index (χ1v) is 8.37. The summed E-state index contributed by atoms with van der Waals surface area (Å²) < 4.78 is 7.32. The number of rotatable bonds is 3. The largest absolute Gasteiger partial charge is 0.495 e. The summed E-state index contributed by atoms with van der Waals surface area (Å²) in [5.74, 6) is 0.904. The van der Waals surface area contributed by atoms with Crippen molar-refractivity contribution in [3.05, 3.63) is 60.6 Å². The fourth-order valence-electron chi connectivity index (χ4n) is 3.33. The van der Waals surface area contributed by atoms with Crippen molar-refractivity contribution in [3.8, 4) is 5.75 Å². The molecule has 128 valence electrons. The van der Waals surface area contributed by atoms with Gasteiger partial charge < -0.3 is 18.9 Å². The number of fused-ring (bicyclic) bond motifs is 1. The summed E-state index contributed by atoms with van der Waals surface area (Å²) in [6, 6.07) is 11.7. The number of piperazine rings is 1. The second-order valence-electron chi connectivity index (χ2n) is 6.03. The van der Waals surface area contributed by atoms with Gasteiger partial charge in [0.2, 0.25) is 0 Å². The van der Waals surface area contributed by atoms with E-state index in [-0.39, 0.29) is 5.91 Å². The Labute approximate surface area is 146 Å².